The summed E-state index contributed by atoms with van der Waals surface area (Å²) < 4.78 is -1.76. The zero-order valence-electron chi connectivity index (χ0n) is 16.6. The molecule has 0 saturated heterocycles. The first-order valence-corrected chi connectivity index (χ1v) is 10.2. The Kier molecular flexibility index (Phi) is 6.67. The minimum absolute atomic E-state index is 0.105. The summed E-state index contributed by atoms with van der Waals surface area (Å²) in [5, 5.41) is 21.9. The quantitative estimate of drug-likeness (QED) is 0.495. The summed E-state index contributed by atoms with van der Waals surface area (Å²) in [4.78, 5) is 0. The van der Waals surface area contributed by atoms with Gasteiger partial charge in [0.05, 0.1) is 5.92 Å². The van der Waals surface area contributed by atoms with Crippen molar-refractivity contribution in [1.29, 1.82) is 0 Å². The molecule has 0 saturated carbocycles. The highest BCUT2D eigenvalue weighted by Gasteiger charge is 2.42. The Morgan fingerprint density at radius 3 is 1.30 bits per heavy atom. The number of phenols is 2. The summed E-state index contributed by atoms with van der Waals surface area (Å²) in [6, 6.07) is 7.65. The third-order valence-corrected chi connectivity index (χ3v) is 5.71. The topological polar surface area (TPSA) is 40.5 Å². The highest BCUT2D eigenvalue weighted by molar-refractivity contribution is 6.68. The monoisotopic (exact) mass is 428 g/mol. The van der Waals surface area contributed by atoms with Gasteiger partial charge in [-0.25, -0.2) is 0 Å². The molecule has 2 aromatic rings. The molecule has 0 atom stereocenters. The summed E-state index contributed by atoms with van der Waals surface area (Å²) in [6.07, 6.45) is 0. The predicted octanol–water partition coefficient (Wildman–Crippen LogP) is 7.46. The van der Waals surface area contributed by atoms with Gasteiger partial charge in [-0.15, -0.1) is 0 Å². The van der Waals surface area contributed by atoms with Gasteiger partial charge in [0.1, 0.15) is 11.5 Å². The van der Waals surface area contributed by atoms with E-state index in [4.69, 9.17) is 34.8 Å². The van der Waals surface area contributed by atoms with Crippen LogP contribution in [0.25, 0.3) is 0 Å². The van der Waals surface area contributed by atoms with E-state index < -0.39 is 9.71 Å². The average Bonchev–Trinajstić information content (AvgIpc) is 2.53. The maximum atomic E-state index is 11.0. The largest absolute Gasteiger partial charge is 0.507 e. The molecule has 5 heteroatoms. The van der Waals surface area contributed by atoms with Crippen LogP contribution >= 0.6 is 34.8 Å². The number of benzene rings is 2. The van der Waals surface area contributed by atoms with Gasteiger partial charge in [0.2, 0.25) is 3.79 Å². The molecule has 0 radical (unpaired) electrons. The molecule has 0 aliphatic heterocycles. The molecule has 0 heterocycles. The van der Waals surface area contributed by atoms with E-state index in [-0.39, 0.29) is 23.3 Å². The molecule has 0 aliphatic carbocycles. The second kappa shape index (κ2) is 8.11. The Labute approximate surface area is 177 Å². The van der Waals surface area contributed by atoms with E-state index >= 15 is 0 Å². The fourth-order valence-corrected chi connectivity index (χ4v) is 4.21. The van der Waals surface area contributed by atoms with Crippen LogP contribution in [0.2, 0.25) is 0 Å². The van der Waals surface area contributed by atoms with Crippen molar-refractivity contribution in [3.05, 3.63) is 57.6 Å². The Bertz CT molecular complexity index is 773. The van der Waals surface area contributed by atoms with Gasteiger partial charge in [-0.05, 0) is 47.9 Å². The lowest BCUT2D eigenvalue weighted by Gasteiger charge is -2.32. The van der Waals surface area contributed by atoms with Gasteiger partial charge in [0, 0.05) is 11.1 Å². The van der Waals surface area contributed by atoms with Crippen molar-refractivity contribution in [3.63, 3.8) is 0 Å². The molecular weight excluding hydrogens is 403 g/mol. The fourth-order valence-electron chi connectivity index (χ4n) is 3.55. The van der Waals surface area contributed by atoms with E-state index in [9.17, 15) is 10.2 Å². The molecule has 0 aliphatic rings. The summed E-state index contributed by atoms with van der Waals surface area (Å²) in [7, 11) is 0. The molecule has 0 fully saturated rings. The summed E-state index contributed by atoms with van der Waals surface area (Å²) in [6.45, 7) is 11.8. The summed E-state index contributed by atoms with van der Waals surface area (Å²) in [5.74, 6) is -0.384. The van der Waals surface area contributed by atoms with Crippen molar-refractivity contribution in [2.75, 3.05) is 0 Å². The molecule has 27 heavy (non-hydrogen) atoms. The van der Waals surface area contributed by atoms with Crippen LogP contribution < -0.4 is 0 Å². The van der Waals surface area contributed by atoms with Gasteiger partial charge >= 0.3 is 0 Å². The molecule has 148 valence electrons. The maximum absolute atomic E-state index is 11.0. The van der Waals surface area contributed by atoms with Gasteiger partial charge in [-0.1, -0.05) is 86.8 Å². The SMILES string of the molecule is Cc1ccc(C(C)C)c(C(c2c(C(C)C)ccc(C)c2O)C(Cl)(Cl)Cl)c1O. The zero-order chi connectivity index (χ0) is 20.7. The van der Waals surface area contributed by atoms with Crippen LogP contribution in [0.1, 0.15) is 78.8 Å². The van der Waals surface area contributed by atoms with Crippen LogP contribution in [0.15, 0.2) is 24.3 Å². The van der Waals surface area contributed by atoms with E-state index in [1.807, 2.05) is 65.8 Å². The first-order chi connectivity index (χ1) is 12.4. The van der Waals surface area contributed by atoms with E-state index in [2.05, 4.69) is 0 Å². The lowest BCUT2D eigenvalue weighted by Crippen LogP contribution is -2.23. The van der Waals surface area contributed by atoms with Gasteiger partial charge < -0.3 is 10.2 Å². The van der Waals surface area contributed by atoms with Gasteiger partial charge in [-0.2, -0.15) is 0 Å². The second-order valence-electron chi connectivity index (χ2n) is 7.75. The Balaban J connectivity index is 2.99. The second-order valence-corrected chi connectivity index (χ2v) is 10.1. The molecule has 0 unspecified atom stereocenters. The average molecular weight is 430 g/mol. The van der Waals surface area contributed by atoms with E-state index in [0.29, 0.717) is 22.3 Å². The minimum Gasteiger partial charge on any atom is -0.507 e. The van der Waals surface area contributed by atoms with Crippen molar-refractivity contribution in [2.24, 2.45) is 0 Å². The Hall–Kier alpha value is -1.09. The molecular formula is C22H27Cl3O2. The van der Waals surface area contributed by atoms with Gasteiger partial charge in [0.25, 0.3) is 0 Å². The third kappa shape index (κ3) is 4.34. The normalized spacial score (nSPS) is 12.4. The van der Waals surface area contributed by atoms with Crippen LogP contribution in [-0.4, -0.2) is 14.0 Å². The standard InChI is InChI=1S/C22H27Cl3O2/c1-11(2)15-9-7-13(5)20(26)17(15)19(22(23,24)25)18-16(12(3)4)10-8-14(6)21(18)27/h7-12,19,26-27H,1-6H3. The number of hydrogen-bond donors (Lipinski definition) is 2. The number of alkyl halides is 3. The van der Waals surface area contributed by atoms with Crippen LogP contribution in [-0.2, 0) is 0 Å². The molecule has 0 bridgehead atoms. The number of halogens is 3. The molecule has 0 aromatic heterocycles. The van der Waals surface area contributed by atoms with E-state index in [1.165, 1.54) is 0 Å². The van der Waals surface area contributed by atoms with Gasteiger partial charge in [0.15, 0.2) is 0 Å². The third-order valence-electron chi connectivity index (χ3n) is 5.05. The zero-order valence-corrected chi connectivity index (χ0v) is 18.8. The Morgan fingerprint density at radius 2 is 1.04 bits per heavy atom. The number of aromatic hydroxyl groups is 2. The van der Waals surface area contributed by atoms with Crippen LogP contribution in [0, 0.1) is 13.8 Å². The van der Waals surface area contributed by atoms with Crippen molar-refractivity contribution in [2.45, 2.75) is 63.1 Å². The van der Waals surface area contributed by atoms with E-state index in [0.717, 1.165) is 11.1 Å². The minimum atomic E-state index is -1.76. The smallest absolute Gasteiger partial charge is 0.201 e. The van der Waals surface area contributed by atoms with Crippen molar-refractivity contribution in [3.8, 4) is 11.5 Å². The number of hydrogen-bond acceptors (Lipinski definition) is 2. The first kappa shape index (κ1) is 22.2. The van der Waals surface area contributed by atoms with Crippen molar-refractivity contribution in [1.82, 2.24) is 0 Å². The summed E-state index contributed by atoms with van der Waals surface area (Å²) >= 11 is 19.4. The highest BCUT2D eigenvalue weighted by atomic mass is 35.6. The molecule has 0 spiro atoms. The van der Waals surface area contributed by atoms with Crippen LogP contribution in [0.3, 0.4) is 0 Å². The summed E-state index contributed by atoms with van der Waals surface area (Å²) in [5.41, 5.74) is 4.31. The van der Waals surface area contributed by atoms with Gasteiger partial charge in [-0.3, -0.25) is 0 Å². The lowest BCUT2D eigenvalue weighted by molar-refractivity contribution is 0.446. The van der Waals surface area contributed by atoms with Crippen LogP contribution in [0.4, 0.5) is 0 Å². The fraction of sp³-hybridized carbons (Fsp3) is 0.455. The lowest BCUT2D eigenvalue weighted by atomic mass is 9.79. The maximum Gasteiger partial charge on any atom is 0.201 e. The molecule has 2 nitrogen and oxygen atoms in total. The highest BCUT2D eigenvalue weighted by Crippen LogP contribution is 2.54. The number of aryl methyl sites for hydroxylation is 2. The number of rotatable bonds is 4. The van der Waals surface area contributed by atoms with E-state index in [1.54, 1.807) is 0 Å². The van der Waals surface area contributed by atoms with Crippen LogP contribution in [0.5, 0.6) is 11.5 Å². The predicted molar refractivity (Wildman–Crippen MR) is 116 cm³/mol. The number of phenolic OH excluding ortho intramolecular Hbond substituents is 2. The first-order valence-electron chi connectivity index (χ1n) is 9.09. The molecule has 2 aromatic carbocycles. The molecule has 0 amide bonds. The molecule has 2 N–H and O–H groups in total. The van der Waals surface area contributed by atoms with Crippen molar-refractivity contribution < 1.29 is 10.2 Å². The Morgan fingerprint density at radius 1 is 0.704 bits per heavy atom. The van der Waals surface area contributed by atoms with Crippen molar-refractivity contribution >= 4 is 34.8 Å². The molecule has 2 rings (SSSR count).